The molecule has 2 aromatic rings. The quantitative estimate of drug-likeness (QED) is 0.860. The highest BCUT2D eigenvalue weighted by Crippen LogP contribution is 2.19. The summed E-state index contributed by atoms with van der Waals surface area (Å²) in [6, 6.07) is 7.97. The van der Waals surface area contributed by atoms with E-state index >= 15 is 0 Å². The first-order chi connectivity index (χ1) is 12.2. The first-order valence-electron chi connectivity index (χ1n) is 8.65. The second-order valence-electron chi connectivity index (χ2n) is 6.51. The number of carbonyl (C=O) groups excluding carboxylic acids is 2. The predicted octanol–water partition coefficient (Wildman–Crippen LogP) is 1.04. The van der Waals surface area contributed by atoms with Crippen LogP contribution in [0.15, 0.2) is 30.5 Å². The Morgan fingerprint density at radius 2 is 1.88 bits per heavy atom. The zero-order valence-electron chi connectivity index (χ0n) is 14.0. The van der Waals surface area contributed by atoms with Crippen LogP contribution in [0.4, 0.5) is 0 Å². The minimum atomic E-state index is -0.0570. The maximum Gasteiger partial charge on any atom is 0.240 e. The van der Waals surface area contributed by atoms with E-state index in [1.807, 2.05) is 40.3 Å². The number of para-hydroxylation sites is 1. The molecular formula is C18H22N4O2S. The Kier molecular flexibility index (Phi) is 4.67. The third-order valence-electron chi connectivity index (χ3n) is 4.98. The summed E-state index contributed by atoms with van der Waals surface area (Å²) in [4.78, 5) is 32.0. The van der Waals surface area contributed by atoms with Gasteiger partial charge in [-0.1, -0.05) is 18.2 Å². The van der Waals surface area contributed by atoms with Crippen molar-refractivity contribution >= 4 is 34.5 Å². The van der Waals surface area contributed by atoms with Crippen LogP contribution in [0.2, 0.25) is 0 Å². The van der Waals surface area contributed by atoms with Gasteiger partial charge in [-0.2, -0.15) is 0 Å². The highest BCUT2D eigenvalue weighted by Gasteiger charge is 2.30. The van der Waals surface area contributed by atoms with Crippen LogP contribution in [0, 0.1) is 0 Å². The first kappa shape index (κ1) is 16.5. The molecule has 0 saturated carbocycles. The molecule has 25 heavy (non-hydrogen) atoms. The Morgan fingerprint density at radius 3 is 2.64 bits per heavy atom. The molecule has 132 valence electrons. The summed E-state index contributed by atoms with van der Waals surface area (Å²) in [5.74, 6) is 2.00. The molecular weight excluding hydrogens is 336 g/mol. The zero-order chi connectivity index (χ0) is 17.2. The van der Waals surface area contributed by atoms with Gasteiger partial charge in [0.15, 0.2) is 0 Å². The average Bonchev–Trinajstić information content (AvgIpc) is 3.32. The summed E-state index contributed by atoms with van der Waals surface area (Å²) < 4.78 is 0. The van der Waals surface area contributed by atoms with Crippen LogP contribution in [-0.4, -0.2) is 70.4 Å². The van der Waals surface area contributed by atoms with Crippen molar-refractivity contribution in [1.29, 1.82) is 0 Å². The molecule has 2 N–H and O–H groups in total. The molecule has 2 saturated heterocycles. The number of carbonyl (C=O) groups is 2. The summed E-state index contributed by atoms with van der Waals surface area (Å²) >= 11 is 1.76. The monoisotopic (exact) mass is 358 g/mol. The molecule has 0 bridgehead atoms. The average molecular weight is 358 g/mol. The van der Waals surface area contributed by atoms with E-state index in [0.29, 0.717) is 32.6 Å². The highest BCUT2D eigenvalue weighted by atomic mass is 32.2. The predicted molar refractivity (Wildman–Crippen MR) is 99.4 cm³/mol. The summed E-state index contributed by atoms with van der Waals surface area (Å²) in [7, 11) is 0. The zero-order valence-corrected chi connectivity index (χ0v) is 14.8. The number of thioether (sulfide) groups is 1. The third-order valence-corrected chi connectivity index (χ3v) is 5.91. The summed E-state index contributed by atoms with van der Waals surface area (Å²) in [5, 5.41) is 4.33. The highest BCUT2D eigenvalue weighted by molar-refractivity contribution is 7.99. The number of fused-ring (bicyclic) bond motifs is 1. The third kappa shape index (κ3) is 3.39. The fourth-order valence-corrected chi connectivity index (χ4v) is 4.44. The number of nitrogens with one attached hydrogen (secondary N) is 2. The molecule has 7 heteroatoms. The number of aromatic amines is 1. The van der Waals surface area contributed by atoms with E-state index in [1.165, 1.54) is 0 Å². The van der Waals surface area contributed by atoms with Gasteiger partial charge in [-0.25, -0.2) is 0 Å². The second-order valence-corrected chi connectivity index (χ2v) is 7.54. The minimum absolute atomic E-state index is 0.0570. The van der Waals surface area contributed by atoms with E-state index in [1.54, 1.807) is 11.8 Å². The number of benzene rings is 1. The summed E-state index contributed by atoms with van der Waals surface area (Å²) in [6.07, 6.45) is 2.32. The molecule has 0 aliphatic carbocycles. The van der Waals surface area contributed by atoms with Crippen molar-refractivity contribution in [1.82, 2.24) is 20.1 Å². The van der Waals surface area contributed by atoms with Gasteiger partial charge in [0.05, 0.1) is 12.5 Å². The molecule has 0 radical (unpaired) electrons. The number of H-pyrrole nitrogens is 1. The van der Waals surface area contributed by atoms with Gasteiger partial charge in [0.2, 0.25) is 11.8 Å². The number of amides is 2. The molecule has 2 aliphatic heterocycles. The van der Waals surface area contributed by atoms with Crippen LogP contribution in [0.3, 0.4) is 0 Å². The molecule has 6 nitrogen and oxygen atoms in total. The molecule has 2 amide bonds. The van der Waals surface area contributed by atoms with Crippen LogP contribution in [0.5, 0.6) is 0 Å². The van der Waals surface area contributed by atoms with Crippen molar-refractivity contribution in [2.24, 2.45) is 0 Å². The van der Waals surface area contributed by atoms with Gasteiger partial charge in [0.1, 0.15) is 0 Å². The van der Waals surface area contributed by atoms with E-state index in [2.05, 4.69) is 10.3 Å². The lowest BCUT2D eigenvalue weighted by Crippen LogP contribution is -2.54. The molecule has 1 aromatic heterocycles. The second kappa shape index (κ2) is 7.09. The lowest BCUT2D eigenvalue weighted by atomic mass is 10.1. The van der Waals surface area contributed by atoms with Crippen molar-refractivity contribution in [3.63, 3.8) is 0 Å². The molecule has 1 aromatic carbocycles. The first-order valence-corrected chi connectivity index (χ1v) is 9.80. The SMILES string of the molecule is O=C(Cc1c[nH]c2ccccc12)N1CCN(C(=O)C2CSCN2)CC1. The maximum atomic E-state index is 12.6. The van der Waals surface area contributed by atoms with Crippen molar-refractivity contribution in [2.75, 3.05) is 37.8 Å². The number of piperazine rings is 1. The molecule has 2 fully saturated rings. The smallest absolute Gasteiger partial charge is 0.240 e. The Morgan fingerprint density at radius 1 is 1.12 bits per heavy atom. The van der Waals surface area contributed by atoms with Gasteiger partial charge in [-0.05, 0) is 11.6 Å². The number of aromatic nitrogens is 1. The molecule has 4 rings (SSSR count). The molecule has 1 unspecified atom stereocenters. The van der Waals surface area contributed by atoms with Gasteiger partial charge in [-0.15, -0.1) is 11.8 Å². The number of hydrogen-bond acceptors (Lipinski definition) is 4. The fraction of sp³-hybridized carbons (Fsp3) is 0.444. The lowest BCUT2D eigenvalue weighted by molar-refractivity contribution is -0.140. The van der Waals surface area contributed by atoms with Crippen molar-refractivity contribution < 1.29 is 9.59 Å². The minimum Gasteiger partial charge on any atom is -0.361 e. The molecule has 3 heterocycles. The van der Waals surface area contributed by atoms with E-state index in [4.69, 9.17) is 0 Å². The van der Waals surface area contributed by atoms with Gasteiger partial charge < -0.3 is 14.8 Å². The van der Waals surface area contributed by atoms with Crippen molar-refractivity contribution in [3.8, 4) is 0 Å². The Labute approximate surface area is 150 Å². The van der Waals surface area contributed by atoms with Crippen LogP contribution < -0.4 is 5.32 Å². The van der Waals surface area contributed by atoms with Crippen LogP contribution in [0.25, 0.3) is 10.9 Å². The van der Waals surface area contributed by atoms with E-state index in [0.717, 1.165) is 28.1 Å². The van der Waals surface area contributed by atoms with Gasteiger partial charge in [0, 0.05) is 54.9 Å². The van der Waals surface area contributed by atoms with E-state index < -0.39 is 0 Å². The normalized spacial score (nSPS) is 21.0. The molecule has 0 spiro atoms. The van der Waals surface area contributed by atoms with Gasteiger partial charge in [-0.3, -0.25) is 14.9 Å². The van der Waals surface area contributed by atoms with Crippen LogP contribution in [0.1, 0.15) is 5.56 Å². The van der Waals surface area contributed by atoms with E-state index in [-0.39, 0.29) is 17.9 Å². The summed E-state index contributed by atoms with van der Waals surface area (Å²) in [5.41, 5.74) is 2.09. The number of hydrogen-bond donors (Lipinski definition) is 2. The van der Waals surface area contributed by atoms with Gasteiger partial charge in [0.25, 0.3) is 0 Å². The van der Waals surface area contributed by atoms with Gasteiger partial charge >= 0.3 is 0 Å². The number of nitrogens with zero attached hydrogens (tertiary/aromatic N) is 2. The van der Waals surface area contributed by atoms with Crippen molar-refractivity contribution in [3.05, 3.63) is 36.0 Å². The Balaban J connectivity index is 1.34. The topological polar surface area (TPSA) is 68.4 Å². The Bertz CT molecular complexity index is 776. The fourth-order valence-electron chi connectivity index (χ4n) is 3.50. The number of rotatable bonds is 3. The van der Waals surface area contributed by atoms with Crippen molar-refractivity contribution in [2.45, 2.75) is 12.5 Å². The summed E-state index contributed by atoms with van der Waals surface area (Å²) in [6.45, 7) is 2.49. The van der Waals surface area contributed by atoms with Crippen LogP contribution in [-0.2, 0) is 16.0 Å². The standard InChI is InChI=1S/C18H22N4O2S/c23-17(9-13-10-19-15-4-2-1-3-14(13)15)21-5-7-22(8-6-21)18(24)16-11-25-12-20-16/h1-4,10,16,19-20H,5-9,11-12H2. The largest absolute Gasteiger partial charge is 0.361 e. The van der Waals surface area contributed by atoms with Crippen LogP contribution >= 0.6 is 11.8 Å². The maximum absolute atomic E-state index is 12.6. The molecule has 2 aliphatic rings. The lowest BCUT2D eigenvalue weighted by Gasteiger charge is -2.36. The Hall–Kier alpha value is -1.99. The molecule has 1 atom stereocenters. The van der Waals surface area contributed by atoms with E-state index in [9.17, 15) is 9.59 Å².